The van der Waals surface area contributed by atoms with Gasteiger partial charge in [0.15, 0.2) is 5.70 Å². The van der Waals surface area contributed by atoms with Crippen LogP contribution >= 0.6 is 0 Å². The fourth-order valence-electron chi connectivity index (χ4n) is 0.708. The van der Waals surface area contributed by atoms with Crippen molar-refractivity contribution >= 4 is 5.91 Å². The molecule has 0 bridgehead atoms. The maximum atomic E-state index is 10.9. The highest BCUT2D eigenvalue weighted by atomic mass is 16.2. The van der Waals surface area contributed by atoms with Gasteiger partial charge in [0.05, 0.1) is 13.2 Å². The highest BCUT2D eigenvalue weighted by Gasteiger charge is 2.16. The molecule has 5 heteroatoms. The maximum absolute atomic E-state index is 10.9. The molecule has 0 spiro atoms. The fourth-order valence-corrected chi connectivity index (χ4v) is 0.708. The van der Waals surface area contributed by atoms with Crippen molar-refractivity contribution in [1.82, 2.24) is 15.8 Å². The van der Waals surface area contributed by atoms with E-state index in [1.54, 1.807) is 23.8 Å². The first-order valence-corrected chi connectivity index (χ1v) is 3.00. The Morgan fingerprint density at radius 3 is 3.00 bits per heavy atom. The van der Waals surface area contributed by atoms with Crippen LogP contribution in [0.4, 0.5) is 0 Å². The molecule has 0 saturated heterocycles. The van der Waals surface area contributed by atoms with Crippen LogP contribution in [0, 0.1) is 0 Å². The van der Waals surface area contributed by atoms with Crippen LogP contribution in [0.2, 0.25) is 0 Å². The third-order valence-corrected chi connectivity index (χ3v) is 1.23. The molecule has 0 fully saturated rings. The van der Waals surface area contributed by atoms with E-state index in [9.17, 15) is 4.79 Å². The SMILES string of the molecule is CNC(=O)C1=CN(C)[NH2+]N1. The third kappa shape index (κ3) is 1.19. The van der Waals surface area contributed by atoms with Gasteiger partial charge in [-0.2, -0.15) is 0 Å². The molecule has 1 heterocycles. The van der Waals surface area contributed by atoms with Gasteiger partial charge in [0.1, 0.15) is 0 Å². The van der Waals surface area contributed by atoms with Crippen molar-refractivity contribution in [1.29, 1.82) is 0 Å². The summed E-state index contributed by atoms with van der Waals surface area (Å²) in [6, 6.07) is 0. The number of quaternary nitrogens is 1. The molecule has 0 saturated carbocycles. The van der Waals surface area contributed by atoms with E-state index in [2.05, 4.69) is 10.7 Å². The monoisotopic (exact) mass is 143 g/mol. The molecule has 0 unspecified atom stereocenters. The summed E-state index contributed by atoms with van der Waals surface area (Å²) in [7, 11) is 3.45. The van der Waals surface area contributed by atoms with Gasteiger partial charge in [-0.3, -0.25) is 4.79 Å². The van der Waals surface area contributed by atoms with Gasteiger partial charge in [0.2, 0.25) is 0 Å². The fraction of sp³-hybridized carbons (Fsp3) is 0.400. The van der Waals surface area contributed by atoms with E-state index in [4.69, 9.17) is 0 Å². The lowest BCUT2D eigenvalue weighted by atomic mass is 10.4. The van der Waals surface area contributed by atoms with E-state index in [0.29, 0.717) is 5.70 Å². The van der Waals surface area contributed by atoms with Crippen molar-refractivity contribution in [2.75, 3.05) is 14.1 Å². The second-order valence-electron chi connectivity index (χ2n) is 2.06. The number of hydrogen-bond acceptors (Lipinski definition) is 3. The molecule has 1 aliphatic rings. The van der Waals surface area contributed by atoms with Crippen LogP contribution in [0.5, 0.6) is 0 Å². The van der Waals surface area contributed by atoms with Crippen molar-refractivity contribution in [3.8, 4) is 0 Å². The van der Waals surface area contributed by atoms with Crippen molar-refractivity contribution in [3.63, 3.8) is 0 Å². The minimum Gasteiger partial charge on any atom is -0.354 e. The Balaban J connectivity index is 2.57. The Bertz CT molecular complexity index is 176. The molecular weight excluding hydrogens is 132 g/mol. The average Bonchev–Trinajstić information content (AvgIpc) is 2.34. The van der Waals surface area contributed by atoms with Gasteiger partial charge in [0.25, 0.3) is 5.91 Å². The number of carbonyl (C=O) groups excluding carboxylic acids is 1. The van der Waals surface area contributed by atoms with Gasteiger partial charge in [0, 0.05) is 7.05 Å². The zero-order chi connectivity index (χ0) is 7.56. The predicted molar refractivity (Wildman–Crippen MR) is 35.0 cm³/mol. The first-order valence-electron chi connectivity index (χ1n) is 3.00. The minimum atomic E-state index is -0.0967. The third-order valence-electron chi connectivity index (χ3n) is 1.23. The summed E-state index contributed by atoms with van der Waals surface area (Å²) in [5.41, 5.74) is 5.09. The molecular formula is C5H11N4O+. The summed E-state index contributed by atoms with van der Waals surface area (Å²) in [5.74, 6) is -0.0967. The zero-order valence-electron chi connectivity index (χ0n) is 6.01. The second-order valence-corrected chi connectivity index (χ2v) is 2.06. The highest BCUT2D eigenvalue weighted by Crippen LogP contribution is 1.89. The van der Waals surface area contributed by atoms with Crippen LogP contribution in [-0.4, -0.2) is 25.0 Å². The maximum Gasteiger partial charge on any atom is 0.274 e. The summed E-state index contributed by atoms with van der Waals surface area (Å²) in [6.45, 7) is 0. The summed E-state index contributed by atoms with van der Waals surface area (Å²) < 4.78 is 0. The summed E-state index contributed by atoms with van der Waals surface area (Å²) in [5, 5.41) is 4.29. The number of carbonyl (C=O) groups is 1. The molecule has 0 aliphatic carbocycles. The van der Waals surface area contributed by atoms with Crippen molar-refractivity contribution in [2.45, 2.75) is 0 Å². The molecule has 56 valence electrons. The molecule has 0 aromatic rings. The van der Waals surface area contributed by atoms with Gasteiger partial charge in [-0.05, 0) is 0 Å². The molecule has 0 aromatic heterocycles. The Hall–Kier alpha value is -1.23. The van der Waals surface area contributed by atoms with E-state index in [1.165, 1.54) is 0 Å². The lowest BCUT2D eigenvalue weighted by Gasteiger charge is -1.99. The lowest BCUT2D eigenvalue weighted by molar-refractivity contribution is -0.818. The Labute approximate surface area is 59.0 Å². The van der Waals surface area contributed by atoms with Gasteiger partial charge >= 0.3 is 0 Å². The number of nitrogens with one attached hydrogen (secondary N) is 2. The Kier molecular flexibility index (Phi) is 1.77. The van der Waals surface area contributed by atoms with Crippen molar-refractivity contribution < 1.29 is 10.3 Å². The van der Waals surface area contributed by atoms with Crippen LogP contribution in [0.25, 0.3) is 0 Å². The zero-order valence-corrected chi connectivity index (χ0v) is 6.01. The summed E-state index contributed by atoms with van der Waals surface area (Å²) in [4.78, 5) is 10.9. The van der Waals surface area contributed by atoms with E-state index >= 15 is 0 Å². The van der Waals surface area contributed by atoms with Gasteiger partial charge in [-0.25, -0.2) is 10.4 Å². The minimum absolute atomic E-state index is 0.0967. The average molecular weight is 143 g/mol. The van der Waals surface area contributed by atoms with Gasteiger partial charge in [-0.15, -0.1) is 5.53 Å². The molecule has 1 aliphatic heterocycles. The second kappa shape index (κ2) is 2.57. The van der Waals surface area contributed by atoms with E-state index < -0.39 is 0 Å². The smallest absolute Gasteiger partial charge is 0.274 e. The Morgan fingerprint density at radius 1 is 1.90 bits per heavy atom. The molecule has 5 nitrogen and oxygen atoms in total. The van der Waals surface area contributed by atoms with E-state index in [-0.39, 0.29) is 5.91 Å². The first kappa shape index (κ1) is 6.88. The van der Waals surface area contributed by atoms with Crippen LogP contribution in [0.3, 0.4) is 0 Å². The quantitative estimate of drug-likeness (QED) is 0.356. The first-order chi connectivity index (χ1) is 4.74. The van der Waals surface area contributed by atoms with Crippen LogP contribution < -0.4 is 16.3 Å². The number of rotatable bonds is 1. The number of nitrogens with zero attached hydrogens (tertiary/aromatic N) is 1. The number of amides is 1. The summed E-state index contributed by atoms with van der Waals surface area (Å²) >= 11 is 0. The number of likely N-dealkylation sites (N-methyl/N-ethyl adjacent to an activating group) is 1. The summed E-state index contributed by atoms with van der Waals surface area (Å²) in [6.07, 6.45) is 1.72. The molecule has 0 aromatic carbocycles. The van der Waals surface area contributed by atoms with Gasteiger partial charge < -0.3 is 5.32 Å². The standard InChI is InChI=1S/C5H10N4O/c1-6-5(10)4-3-9(2)8-7-4/h3,7-8H,1-2H3,(H,6,10)/p+1. The largest absolute Gasteiger partial charge is 0.354 e. The molecule has 1 rings (SSSR count). The lowest BCUT2D eigenvalue weighted by Crippen LogP contribution is -2.96. The molecule has 4 N–H and O–H groups in total. The number of nitrogens with two attached hydrogens (primary N) is 1. The normalized spacial score (nSPS) is 16.2. The molecule has 0 radical (unpaired) electrons. The number of hydrogen-bond donors (Lipinski definition) is 3. The van der Waals surface area contributed by atoms with Gasteiger partial charge in [-0.1, -0.05) is 0 Å². The topological polar surface area (TPSA) is 61.0 Å². The van der Waals surface area contributed by atoms with E-state index in [1.807, 2.05) is 7.05 Å². The molecule has 0 atom stereocenters. The van der Waals surface area contributed by atoms with Crippen LogP contribution in [-0.2, 0) is 4.79 Å². The molecule has 10 heavy (non-hydrogen) atoms. The molecule has 1 amide bonds. The van der Waals surface area contributed by atoms with Crippen LogP contribution in [0.15, 0.2) is 11.9 Å². The van der Waals surface area contributed by atoms with Crippen molar-refractivity contribution in [2.24, 2.45) is 0 Å². The predicted octanol–water partition coefficient (Wildman–Crippen LogP) is -2.50. The Morgan fingerprint density at radius 2 is 2.60 bits per heavy atom. The van der Waals surface area contributed by atoms with Crippen LogP contribution in [0.1, 0.15) is 0 Å². The van der Waals surface area contributed by atoms with Crippen molar-refractivity contribution in [3.05, 3.63) is 11.9 Å². The highest BCUT2D eigenvalue weighted by molar-refractivity contribution is 5.92. The van der Waals surface area contributed by atoms with E-state index in [0.717, 1.165) is 0 Å².